The normalized spacial score (nSPS) is 16.3. The van der Waals surface area contributed by atoms with Gasteiger partial charge in [0.25, 0.3) is 0 Å². The van der Waals surface area contributed by atoms with Crippen LogP contribution in [-0.4, -0.2) is 19.1 Å². The van der Waals surface area contributed by atoms with Crippen molar-refractivity contribution in [3.8, 4) is 6.07 Å². The smallest absolute Gasteiger partial charge is 0.0766 e. The summed E-state index contributed by atoms with van der Waals surface area (Å²) in [5, 5.41) is 15.7. The fourth-order valence-electron chi connectivity index (χ4n) is 1.67. The van der Waals surface area contributed by atoms with Crippen LogP contribution in [0.1, 0.15) is 19.4 Å². The predicted molar refractivity (Wildman–Crippen MR) is 65.4 cm³/mol. The van der Waals surface area contributed by atoms with Crippen molar-refractivity contribution in [3.05, 3.63) is 29.8 Å². The molecule has 1 fully saturated rings. The molecule has 3 heteroatoms. The Morgan fingerprint density at radius 2 is 1.94 bits per heavy atom. The van der Waals surface area contributed by atoms with Gasteiger partial charge in [-0.1, -0.05) is 12.1 Å². The first-order chi connectivity index (χ1) is 7.62. The Morgan fingerprint density at radius 3 is 2.38 bits per heavy atom. The maximum atomic E-state index is 9.04. The van der Waals surface area contributed by atoms with E-state index in [2.05, 4.69) is 16.7 Å². The highest BCUT2D eigenvalue weighted by molar-refractivity contribution is 5.48. The highest BCUT2D eigenvalue weighted by atomic mass is 15.1. The summed E-state index contributed by atoms with van der Waals surface area (Å²) in [6.45, 7) is 5.94. The van der Waals surface area contributed by atoms with Crippen molar-refractivity contribution in [2.75, 3.05) is 18.4 Å². The van der Waals surface area contributed by atoms with Gasteiger partial charge in [-0.15, -0.1) is 0 Å². The summed E-state index contributed by atoms with van der Waals surface area (Å²) < 4.78 is 0. The molecule has 2 rings (SSSR count). The zero-order valence-corrected chi connectivity index (χ0v) is 9.75. The van der Waals surface area contributed by atoms with E-state index in [0.29, 0.717) is 6.04 Å². The summed E-state index contributed by atoms with van der Waals surface area (Å²) >= 11 is 0. The molecule has 0 atom stereocenters. The molecule has 0 unspecified atom stereocenters. The molecule has 16 heavy (non-hydrogen) atoms. The van der Waals surface area contributed by atoms with Crippen LogP contribution in [0.5, 0.6) is 0 Å². The maximum absolute atomic E-state index is 9.04. The second kappa shape index (κ2) is 4.15. The van der Waals surface area contributed by atoms with E-state index in [1.54, 1.807) is 0 Å². The standard InChI is InChI=1S/C13H17N3/c1-13(2,9-14)10-3-5-11(6-4-10)16-12-7-15-8-12/h3-6,12,15-16H,7-8H2,1-2H3. The molecule has 84 valence electrons. The van der Waals surface area contributed by atoms with Gasteiger partial charge in [-0.2, -0.15) is 5.26 Å². The monoisotopic (exact) mass is 215 g/mol. The number of nitrogens with one attached hydrogen (secondary N) is 2. The van der Waals surface area contributed by atoms with Crippen molar-refractivity contribution in [1.82, 2.24) is 5.32 Å². The average Bonchev–Trinajstić information content (AvgIpc) is 2.24. The number of nitrogens with zero attached hydrogens (tertiary/aromatic N) is 1. The van der Waals surface area contributed by atoms with Crippen LogP contribution in [0, 0.1) is 11.3 Å². The third-order valence-electron chi connectivity index (χ3n) is 3.04. The van der Waals surface area contributed by atoms with Crippen LogP contribution in [0.25, 0.3) is 0 Å². The van der Waals surface area contributed by atoms with Crippen molar-refractivity contribution < 1.29 is 0 Å². The lowest BCUT2D eigenvalue weighted by molar-refractivity contribution is 0.472. The number of nitriles is 1. The molecule has 2 N–H and O–H groups in total. The number of anilines is 1. The van der Waals surface area contributed by atoms with Crippen LogP contribution in [-0.2, 0) is 5.41 Å². The maximum Gasteiger partial charge on any atom is 0.0766 e. The predicted octanol–water partition coefficient (Wildman–Crippen LogP) is 1.87. The molecule has 0 spiro atoms. The molecule has 3 nitrogen and oxygen atoms in total. The molecule has 1 aliphatic heterocycles. The van der Waals surface area contributed by atoms with E-state index < -0.39 is 5.41 Å². The van der Waals surface area contributed by atoms with Crippen molar-refractivity contribution in [2.45, 2.75) is 25.3 Å². The van der Waals surface area contributed by atoms with E-state index in [1.165, 1.54) is 0 Å². The first kappa shape index (κ1) is 11.0. The second-order valence-electron chi connectivity index (χ2n) is 4.81. The van der Waals surface area contributed by atoms with Crippen LogP contribution in [0.15, 0.2) is 24.3 Å². The molecular formula is C13H17N3. The molecule has 0 bridgehead atoms. The van der Waals surface area contributed by atoms with Crippen molar-refractivity contribution >= 4 is 5.69 Å². The topological polar surface area (TPSA) is 47.9 Å². The van der Waals surface area contributed by atoms with Gasteiger partial charge in [0.05, 0.1) is 17.5 Å². The minimum Gasteiger partial charge on any atom is -0.380 e. The molecule has 0 radical (unpaired) electrons. The van der Waals surface area contributed by atoms with Gasteiger partial charge in [0, 0.05) is 18.8 Å². The van der Waals surface area contributed by atoms with Crippen molar-refractivity contribution in [3.63, 3.8) is 0 Å². The summed E-state index contributed by atoms with van der Waals surface area (Å²) in [4.78, 5) is 0. The van der Waals surface area contributed by atoms with E-state index in [1.807, 2.05) is 38.1 Å². The van der Waals surface area contributed by atoms with Crippen molar-refractivity contribution in [2.24, 2.45) is 0 Å². The van der Waals surface area contributed by atoms with Gasteiger partial charge in [-0.3, -0.25) is 0 Å². The van der Waals surface area contributed by atoms with Crippen molar-refractivity contribution in [1.29, 1.82) is 5.26 Å². The fraction of sp³-hybridized carbons (Fsp3) is 0.462. The molecule has 1 aromatic rings. The Morgan fingerprint density at radius 1 is 1.31 bits per heavy atom. The molecule has 0 aromatic heterocycles. The molecule has 1 aliphatic rings. The summed E-state index contributed by atoms with van der Waals surface area (Å²) in [5.74, 6) is 0. The lowest BCUT2D eigenvalue weighted by atomic mass is 9.86. The first-order valence-corrected chi connectivity index (χ1v) is 5.61. The second-order valence-corrected chi connectivity index (χ2v) is 4.81. The van der Waals surface area contributed by atoms with Gasteiger partial charge in [0.15, 0.2) is 0 Å². The lowest BCUT2D eigenvalue weighted by Crippen LogP contribution is -2.51. The molecule has 1 aromatic carbocycles. The highest BCUT2D eigenvalue weighted by Crippen LogP contribution is 2.23. The van der Waals surface area contributed by atoms with Crippen LogP contribution >= 0.6 is 0 Å². The van der Waals surface area contributed by atoms with Gasteiger partial charge < -0.3 is 10.6 Å². The average molecular weight is 215 g/mol. The number of hydrogen-bond acceptors (Lipinski definition) is 3. The largest absolute Gasteiger partial charge is 0.380 e. The molecule has 0 aliphatic carbocycles. The zero-order valence-electron chi connectivity index (χ0n) is 9.75. The van der Waals surface area contributed by atoms with Crippen LogP contribution in [0.4, 0.5) is 5.69 Å². The van der Waals surface area contributed by atoms with Gasteiger partial charge in [0.2, 0.25) is 0 Å². The van der Waals surface area contributed by atoms with E-state index in [9.17, 15) is 0 Å². The van der Waals surface area contributed by atoms with Gasteiger partial charge in [-0.25, -0.2) is 0 Å². The Kier molecular flexibility index (Phi) is 2.84. The van der Waals surface area contributed by atoms with E-state index in [-0.39, 0.29) is 0 Å². The summed E-state index contributed by atoms with van der Waals surface area (Å²) in [6, 6.07) is 11.0. The third kappa shape index (κ3) is 2.17. The molecule has 0 saturated carbocycles. The summed E-state index contributed by atoms with van der Waals surface area (Å²) in [7, 11) is 0. The Balaban J connectivity index is 2.07. The quantitative estimate of drug-likeness (QED) is 0.809. The minimum absolute atomic E-state index is 0.406. The van der Waals surface area contributed by atoms with Gasteiger partial charge in [-0.05, 0) is 31.5 Å². The Labute approximate surface area is 96.5 Å². The highest BCUT2D eigenvalue weighted by Gasteiger charge is 2.20. The molecular weight excluding hydrogens is 198 g/mol. The van der Waals surface area contributed by atoms with Gasteiger partial charge in [0.1, 0.15) is 0 Å². The number of hydrogen-bond donors (Lipinski definition) is 2. The van der Waals surface area contributed by atoms with Crippen LogP contribution in [0.2, 0.25) is 0 Å². The number of benzene rings is 1. The number of rotatable bonds is 3. The molecule has 1 saturated heterocycles. The van der Waals surface area contributed by atoms with E-state index in [0.717, 1.165) is 24.3 Å². The zero-order chi connectivity index (χ0) is 11.6. The SMILES string of the molecule is CC(C)(C#N)c1ccc(NC2CNC2)cc1. The molecule has 0 amide bonds. The lowest BCUT2D eigenvalue weighted by Gasteiger charge is -2.29. The first-order valence-electron chi connectivity index (χ1n) is 5.61. The summed E-state index contributed by atoms with van der Waals surface area (Å²) in [6.07, 6.45) is 0. The Bertz CT molecular complexity index is 396. The fourth-order valence-corrected chi connectivity index (χ4v) is 1.67. The summed E-state index contributed by atoms with van der Waals surface area (Å²) in [5.41, 5.74) is 1.78. The molecule has 1 heterocycles. The van der Waals surface area contributed by atoms with Crippen LogP contribution in [0.3, 0.4) is 0 Å². The minimum atomic E-state index is -0.406. The van der Waals surface area contributed by atoms with E-state index in [4.69, 9.17) is 5.26 Å². The third-order valence-corrected chi connectivity index (χ3v) is 3.04. The van der Waals surface area contributed by atoms with Crippen LogP contribution < -0.4 is 10.6 Å². The van der Waals surface area contributed by atoms with Gasteiger partial charge >= 0.3 is 0 Å². The van der Waals surface area contributed by atoms with E-state index >= 15 is 0 Å². The Hall–Kier alpha value is -1.53.